The van der Waals surface area contributed by atoms with Crippen LogP contribution in [0.2, 0.25) is 0 Å². The molecule has 1 heterocycles. The zero-order valence-electron chi connectivity index (χ0n) is 7.08. The van der Waals surface area contributed by atoms with Gasteiger partial charge in [-0.3, -0.25) is 15.1 Å². The number of hydrogen-bond donors (Lipinski definition) is 0. The van der Waals surface area contributed by atoms with Gasteiger partial charge in [-0.15, -0.1) is 0 Å². The Morgan fingerprint density at radius 1 is 1.53 bits per heavy atom. The largest absolute Gasteiger partial charge is 0.418 e. The molecule has 0 bridgehead atoms. The molecular formula is C7H4BrF3N2O2. The molecule has 0 amide bonds. The standard InChI is InChI=1S/C7H4BrF3N2O2/c8-2-6-5(7(9,10)11)1-4(3-12-6)13(14)15/h1,3H,2H2. The van der Waals surface area contributed by atoms with Crippen LogP contribution in [0.4, 0.5) is 18.9 Å². The Bertz CT molecular complexity index is 394. The zero-order chi connectivity index (χ0) is 11.6. The summed E-state index contributed by atoms with van der Waals surface area (Å²) in [6, 6.07) is 0.476. The van der Waals surface area contributed by atoms with Crippen molar-refractivity contribution in [2.45, 2.75) is 11.5 Å². The van der Waals surface area contributed by atoms with Crippen LogP contribution in [-0.4, -0.2) is 9.91 Å². The van der Waals surface area contributed by atoms with Crippen molar-refractivity contribution in [3.8, 4) is 0 Å². The van der Waals surface area contributed by atoms with Crippen LogP contribution in [0.3, 0.4) is 0 Å². The minimum absolute atomic E-state index is 0.111. The van der Waals surface area contributed by atoms with Gasteiger partial charge >= 0.3 is 6.18 Å². The third kappa shape index (κ3) is 2.65. The molecule has 0 atom stereocenters. The number of pyridine rings is 1. The molecule has 0 fully saturated rings. The molecule has 1 aromatic rings. The first-order chi connectivity index (χ1) is 6.86. The summed E-state index contributed by atoms with van der Waals surface area (Å²) in [5, 5.41) is 10.2. The van der Waals surface area contributed by atoms with Gasteiger partial charge in [0.1, 0.15) is 6.20 Å². The van der Waals surface area contributed by atoms with Gasteiger partial charge in [-0.05, 0) is 0 Å². The number of halogens is 4. The SMILES string of the molecule is O=[N+]([O-])c1cnc(CBr)c(C(F)(F)F)c1. The minimum atomic E-state index is -4.64. The van der Waals surface area contributed by atoms with E-state index in [0.29, 0.717) is 6.07 Å². The van der Waals surface area contributed by atoms with Crippen LogP contribution in [0, 0.1) is 10.1 Å². The Labute approximate surface area is 90.4 Å². The molecule has 0 aliphatic carbocycles. The molecular weight excluding hydrogens is 281 g/mol. The van der Waals surface area contributed by atoms with Crippen molar-refractivity contribution < 1.29 is 18.1 Å². The lowest BCUT2D eigenvalue weighted by Crippen LogP contribution is -2.10. The molecule has 15 heavy (non-hydrogen) atoms. The molecule has 8 heteroatoms. The van der Waals surface area contributed by atoms with Gasteiger partial charge in [-0.25, -0.2) is 0 Å². The molecule has 0 aliphatic heterocycles. The van der Waals surface area contributed by atoms with Crippen LogP contribution >= 0.6 is 15.9 Å². The highest BCUT2D eigenvalue weighted by Crippen LogP contribution is 2.33. The molecule has 0 radical (unpaired) electrons. The van der Waals surface area contributed by atoms with Crippen molar-refractivity contribution in [2.24, 2.45) is 0 Å². The van der Waals surface area contributed by atoms with Crippen LogP contribution in [0.1, 0.15) is 11.3 Å². The third-order valence-corrected chi connectivity index (χ3v) is 2.13. The van der Waals surface area contributed by atoms with Crippen molar-refractivity contribution in [3.05, 3.63) is 33.6 Å². The van der Waals surface area contributed by atoms with E-state index >= 15 is 0 Å². The Morgan fingerprint density at radius 3 is 2.53 bits per heavy atom. The first-order valence-corrected chi connectivity index (χ1v) is 4.75. The van der Waals surface area contributed by atoms with Gasteiger partial charge in [-0.2, -0.15) is 13.2 Å². The summed E-state index contributed by atoms with van der Waals surface area (Å²) in [6.07, 6.45) is -3.84. The number of nitro groups is 1. The predicted octanol–water partition coefficient (Wildman–Crippen LogP) is 2.90. The maximum absolute atomic E-state index is 12.4. The number of alkyl halides is 4. The normalized spacial score (nSPS) is 11.5. The Balaban J connectivity index is 3.32. The van der Waals surface area contributed by atoms with Crippen molar-refractivity contribution >= 4 is 21.6 Å². The molecule has 0 N–H and O–H groups in total. The Kier molecular flexibility index (Phi) is 3.28. The molecule has 0 unspecified atom stereocenters. The Hall–Kier alpha value is -1.18. The summed E-state index contributed by atoms with van der Waals surface area (Å²) in [4.78, 5) is 12.7. The first kappa shape index (κ1) is 11.9. The maximum Gasteiger partial charge on any atom is 0.418 e. The van der Waals surface area contributed by atoms with Crippen LogP contribution in [0.15, 0.2) is 12.3 Å². The zero-order valence-corrected chi connectivity index (χ0v) is 8.67. The molecule has 82 valence electrons. The minimum Gasteiger partial charge on any atom is -0.258 e. The van der Waals surface area contributed by atoms with Crippen molar-refractivity contribution in [1.82, 2.24) is 4.98 Å². The van der Waals surface area contributed by atoms with Crippen LogP contribution in [-0.2, 0) is 11.5 Å². The van der Waals surface area contributed by atoms with Gasteiger partial charge in [-0.1, -0.05) is 15.9 Å². The van der Waals surface area contributed by atoms with E-state index in [1.165, 1.54) is 0 Å². The monoisotopic (exact) mass is 284 g/mol. The average Bonchev–Trinajstić information content (AvgIpc) is 2.15. The summed E-state index contributed by atoms with van der Waals surface area (Å²) in [7, 11) is 0. The molecule has 1 rings (SSSR count). The second-order valence-electron chi connectivity index (χ2n) is 2.58. The molecule has 0 saturated carbocycles. The van der Waals surface area contributed by atoms with Crippen LogP contribution < -0.4 is 0 Å². The average molecular weight is 285 g/mol. The van der Waals surface area contributed by atoms with E-state index in [-0.39, 0.29) is 11.0 Å². The fraction of sp³-hybridized carbons (Fsp3) is 0.286. The smallest absolute Gasteiger partial charge is 0.258 e. The molecule has 0 spiro atoms. The van der Waals surface area contributed by atoms with Gasteiger partial charge in [0, 0.05) is 11.4 Å². The van der Waals surface area contributed by atoms with Gasteiger partial charge in [0.05, 0.1) is 16.2 Å². The van der Waals surface area contributed by atoms with Gasteiger partial charge < -0.3 is 0 Å². The summed E-state index contributed by atoms with van der Waals surface area (Å²) in [5.41, 5.74) is -2.03. The first-order valence-electron chi connectivity index (χ1n) is 3.62. The molecule has 0 saturated heterocycles. The fourth-order valence-electron chi connectivity index (χ4n) is 0.934. The highest BCUT2D eigenvalue weighted by molar-refractivity contribution is 9.08. The topological polar surface area (TPSA) is 56.0 Å². The van der Waals surface area contributed by atoms with Gasteiger partial charge in [0.25, 0.3) is 5.69 Å². The van der Waals surface area contributed by atoms with Crippen LogP contribution in [0.5, 0.6) is 0 Å². The second kappa shape index (κ2) is 4.13. The predicted molar refractivity (Wildman–Crippen MR) is 48.5 cm³/mol. The van der Waals surface area contributed by atoms with E-state index in [9.17, 15) is 23.3 Å². The number of hydrogen-bond acceptors (Lipinski definition) is 3. The molecule has 0 aliphatic rings. The van der Waals surface area contributed by atoms with Crippen molar-refractivity contribution in [2.75, 3.05) is 0 Å². The van der Waals surface area contributed by atoms with E-state index in [4.69, 9.17) is 0 Å². The lowest BCUT2D eigenvalue weighted by molar-refractivity contribution is -0.385. The van der Waals surface area contributed by atoms with Gasteiger partial charge in [0.2, 0.25) is 0 Å². The highest BCUT2D eigenvalue weighted by atomic mass is 79.9. The van der Waals surface area contributed by atoms with E-state index in [2.05, 4.69) is 20.9 Å². The highest BCUT2D eigenvalue weighted by Gasteiger charge is 2.35. The lowest BCUT2D eigenvalue weighted by atomic mass is 10.2. The molecule has 4 nitrogen and oxygen atoms in total. The second-order valence-corrected chi connectivity index (χ2v) is 3.14. The molecule has 0 aromatic carbocycles. The number of aromatic nitrogens is 1. The van der Waals surface area contributed by atoms with E-state index < -0.39 is 22.4 Å². The Morgan fingerprint density at radius 2 is 2.13 bits per heavy atom. The lowest BCUT2D eigenvalue weighted by Gasteiger charge is -2.09. The van der Waals surface area contributed by atoms with Crippen molar-refractivity contribution in [1.29, 1.82) is 0 Å². The fourth-order valence-corrected chi connectivity index (χ4v) is 1.38. The van der Waals surface area contributed by atoms with Crippen molar-refractivity contribution in [3.63, 3.8) is 0 Å². The van der Waals surface area contributed by atoms with Gasteiger partial charge in [0.15, 0.2) is 0 Å². The molecule has 1 aromatic heterocycles. The van der Waals surface area contributed by atoms with E-state index in [0.717, 1.165) is 6.20 Å². The van der Waals surface area contributed by atoms with E-state index in [1.807, 2.05) is 0 Å². The summed E-state index contributed by atoms with van der Waals surface area (Å²) in [5.74, 6) is 0. The quantitative estimate of drug-likeness (QED) is 0.477. The summed E-state index contributed by atoms with van der Waals surface area (Å²) >= 11 is 2.83. The van der Waals surface area contributed by atoms with Crippen LogP contribution in [0.25, 0.3) is 0 Å². The summed E-state index contributed by atoms with van der Waals surface area (Å²) in [6.45, 7) is 0. The maximum atomic E-state index is 12.4. The summed E-state index contributed by atoms with van der Waals surface area (Å²) < 4.78 is 37.2. The third-order valence-electron chi connectivity index (χ3n) is 1.60. The number of nitrogens with zero attached hydrogens (tertiary/aromatic N) is 2. The number of rotatable bonds is 2. The van der Waals surface area contributed by atoms with E-state index in [1.54, 1.807) is 0 Å².